The van der Waals surface area contributed by atoms with Crippen LogP contribution < -0.4 is 0 Å². The Balaban J connectivity index is 5.13. The number of halogens is 1. The molecule has 0 aromatic rings. The molecule has 0 amide bonds. The van der Waals surface area contributed by atoms with E-state index < -0.39 is 13.4 Å². The lowest BCUT2D eigenvalue weighted by Gasteiger charge is -2.30. The van der Waals surface area contributed by atoms with E-state index in [-0.39, 0.29) is 0 Å². The molecule has 0 aliphatic heterocycles. The number of hydrogen-bond donors (Lipinski definition) is 0. The lowest BCUT2D eigenvalue weighted by Crippen LogP contribution is -2.36. The Kier molecular flexibility index (Phi) is 9.91. The average Bonchev–Trinajstić information content (AvgIpc) is 2.36. The first-order chi connectivity index (χ1) is 8.51. The Morgan fingerprint density at radius 3 is 2.17 bits per heavy atom. The largest absolute Gasteiger partial charge is 0.546 e. The van der Waals surface area contributed by atoms with Crippen molar-refractivity contribution in [3.8, 4) is 0 Å². The van der Waals surface area contributed by atoms with Crippen LogP contribution in [0.4, 0.5) is 0 Å². The molecular weight excluding hydrogens is 259 g/mol. The summed E-state index contributed by atoms with van der Waals surface area (Å²) < 4.78 is 3.00. The predicted octanol–water partition coefficient (Wildman–Crippen LogP) is 4.61. The van der Waals surface area contributed by atoms with Crippen molar-refractivity contribution in [2.75, 3.05) is 13.1 Å². The number of allylic oxidation sites excluding steroid dienone is 2. The molecule has 0 aliphatic carbocycles. The van der Waals surface area contributed by atoms with Crippen molar-refractivity contribution in [2.45, 2.75) is 59.2 Å². The van der Waals surface area contributed by atoms with E-state index in [0.717, 1.165) is 25.9 Å². The van der Waals surface area contributed by atoms with Crippen LogP contribution in [0.3, 0.4) is 0 Å². The van der Waals surface area contributed by atoms with Crippen molar-refractivity contribution in [3.05, 3.63) is 11.8 Å². The van der Waals surface area contributed by atoms with Crippen LogP contribution in [0.15, 0.2) is 16.8 Å². The third-order valence-electron chi connectivity index (χ3n) is 2.98. The zero-order valence-electron chi connectivity index (χ0n) is 12.8. The summed E-state index contributed by atoms with van der Waals surface area (Å²) >= 11 is -1.37. The maximum atomic E-state index is 6.64. The highest BCUT2D eigenvalue weighted by molar-refractivity contribution is 7.06. The Morgan fingerprint density at radius 2 is 1.83 bits per heavy atom. The molecule has 0 aliphatic rings. The quantitative estimate of drug-likeness (QED) is 0.470. The summed E-state index contributed by atoms with van der Waals surface area (Å²) in [6, 6.07) is 0. The normalized spacial score (nSPS) is 13.1. The molecule has 0 aromatic carbocycles. The molecule has 104 valence electrons. The van der Waals surface area contributed by atoms with Gasteiger partial charge in [0.25, 0.3) is 0 Å². The molecule has 0 rings (SSSR count). The van der Waals surface area contributed by atoms with E-state index in [9.17, 15) is 0 Å². The van der Waals surface area contributed by atoms with Crippen LogP contribution in [0.1, 0.15) is 54.4 Å². The Hall–Kier alpha value is 0.0325. The minimum absolute atomic E-state index is 0.578. The van der Waals surface area contributed by atoms with Crippen LogP contribution in [0, 0.1) is 0 Å². The molecule has 0 N–H and O–H groups in total. The van der Waals surface area contributed by atoms with Crippen LogP contribution in [0.25, 0.3) is 0 Å². The lowest BCUT2D eigenvalue weighted by atomic mass is 10.2. The first-order valence-corrected chi connectivity index (χ1v) is 10.1. The first kappa shape index (κ1) is 18.0. The van der Waals surface area contributed by atoms with E-state index in [4.69, 9.17) is 10.0 Å². The van der Waals surface area contributed by atoms with E-state index in [1.165, 1.54) is 11.4 Å². The average molecular weight is 287 g/mol. The zero-order chi connectivity index (χ0) is 14.1. The summed E-state index contributed by atoms with van der Waals surface area (Å²) in [7, 11) is 6.64. The van der Waals surface area contributed by atoms with Crippen LogP contribution in [0.2, 0.25) is 4.78 Å². The highest BCUT2D eigenvalue weighted by Gasteiger charge is 2.29. The van der Waals surface area contributed by atoms with Gasteiger partial charge in [-0.3, -0.25) is 4.99 Å². The molecule has 0 radical (unpaired) electrons. The van der Waals surface area contributed by atoms with Gasteiger partial charge >= 0.3 is 13.4 Å². The number of aliphatic imine (C=N–C) groups is 1. The van der Waals surface area contributed by atoms with Gasteiger partial charge in [-0.15, -0.1) is 0 Å². The van der Waals surface area contributed by atoms with Gasteiger partial charge in [-0.25, -0.2) is 10.0 Å². The monoisotopic (exact) mass is 286 g/mol. The molecular formula is C14H28AlClN2. The molecule has 0 fully saturated rings. The number of rotatable bonds is 8. The highest BCUT2D eigenvalue weighted by Crippen LogP contribution is 2.21. The zero-order valence-corrected chi connectivity index (χ0v) is 14.7. The standard InChI is InChI=1S/C11H21N2.C3H7.Al.ClH/c1-5-10(12-7-3)9-11(6-2)13-8-4;1-3-2;;/h9H,5-8H2,1-4H3;3H,1-2H3;;1H/q-1;;+2;/p-1/b10-9-,13-11?;;;. The minimum atomic E-state index is -1.37. The Bertz CT molecular complexity index is 288. The smallest absolute Gasteiger partial charge is 0.454 e. The number of hydrogen-bond acceptors (Lipinski definition) is 2. The van der Waals surface area contributed by atoms with Crippen molar-refractivity contribution in [3.63, 3.8) is 0 Å². The summed E-state index contributed by atoms with van der Waals surface area (Å²) in [5.74, 6) is 0. The fourth-order valence-electron chi connectivity index (χ4n) is 1.94. The number of nitrogens with zero attached hydrogens (tertiary/aromatic N) is 2. The second-order valence-corrected chi connectivity index (χ2v) is 8.75. The third kappa shape index (κ3) is 5.78. The summed E-state index contributed by atoms with van der Waals surface area (Å²) in [6.45, 7) is 14.9. The van der Waals surface area contributed by atoms with Crippen LogP contribution in [-0.2, 0) is 0 Å². The predicted molar refractivity (Wildman–Crippen MR) is 85.7 cm³/mol. The van der Waals surface area contributed by atoms with Crippen molar-refractivity contribution in [2.24, 2.45) is 4.99 Å². The van der Waals surface area contributed by atoms with Gasteiger partial charge in [-0.2, -0.15) is 0 Å². The highest BCUT2D eigenvalue weighted by atomic mass is 35.6. The topological polar surface area (TPSA) is 15.6 Å². The van der Waals surface area contributed by atoms with Gasteiger partial charge in [0, 0.05) is 12.3 Å². The first-order valence-electron chi connectivity index (χ1n) is 7.16. The molecule has 0 heterocycles. The van der Waals surface area contributed by atoms with Crippen molar-refractivity contribution in [1.29, 1.82) is 0 Å². The molecule has 0 saturated heterocycles. The molecule has 0 aromatic heterocycles. The van der Waals surface area contributed by atoms with Crippen LogP contribution in [0.5, 0.6) is 0 Å². The molecule has 4 heteroatoms. The fraction of sp³-hybridized carbons (Fsp3) is 0.786. The second-order valence-electron chi connectivity index (χ2n) is 4.71. The molecule has 18 heavy (non-hydrogen) atoms. The minimum Gasteiger partial charge on any atom is -0.454 e. The van der Waals surface area contributed by atoms with Crippen molar-refractivity contribution in [1.82, 2.24) is 3.88 Å². The van der Waals surface area contributed by atoms with Crippen LogP contribution >= 0.6 is 10.0 Å². The van der Waals surface area contributed by atoms with Gasteiger partial charge in [0.2, 0.25) is 0 Å². The maximum Gasteiger partial charge on any atom is 0.546 e. The summed E-state index contributed by atoms with van der Waals surface area (Å²) in [4.78, 5) is 4.54. The van der Waals surface area contributed by atoms with Crippen molar-refractivity contribution >= 4 is 29.2 Å². The van der Waals surface area contributed by atoms with Gasteiger partial charge in [0.1, 0.15) is 0 Å². The SMILES string of the molecule is CCN=C(/C=C(/CC)[N](CC)[Al]([Cl])[CH](C)C)CC. The van der Waals surface area contributed by atoms with E-state index in [1.54, 1.807) is 0 Å². The molecule has 0 saturated carbocycles. The fourth-order valence-corrected chi connectivity index (χ4v) is 4.37. The second kappa shape index (κ2) is 9.90. The van der Waals surface area contributed by atoms with Crippen molar-refractivity contribution < 1.29 is 0 Å². The molecule has 2 nitrogen and oxygen atoms in total. The molecule has 0 bridgehead atoms. The van der Waals surface area contributed by atoms with E-state index in [1.807, 2.05) is 0 Å². The maximum absolute atomic E-state index is 6.64. The Labute approximate surface area is 122 Å². The molecule has 0 spiro atoms. The lowest BCUT2D eigenvalue weighted by molar-refractivity contribution is 0.538. The summed E-state index contributed by atoms with van der Waals surface area (Å²) in [6.07, 6.45) is 4.27. The van der Waals surface area contributed by atoms with E-state index in [0.29, 0.717) is 4.78 Å². The van der Waals surface area contributed by atoms with Crippen LogP contribution in [-0.4, -0.2) is 36.1 Å². The molecule has 0 unspecified atom stereocenters. The van der Waals surface area contributed by atoms with E-state index >= 15 is 0 Å². The van der Waals surface area contributed by atoms with E-state index in [2.05, 4.69) is 56.5 Å². The van der Waals surface area contributed by atoms with Gasteiger partial charge in [-0.1, -0.05) is 32.5 Å². The summed E-state index contributed by atoms with van der Waals surface area (Å²) in [5.41, 5.74) is 2.54. The third-order valence-corrected chi connectivity index (χ3v) is 7.59. The van der Waals surface area contributed by atoms with Gasteiger partial charge in [0.05, 0.1) is 0 Å². The molecule has 0 atom stereocenters. The summed E-state index contributed by atoms with van der Waals surface area (Å²) in [5, 5.41) is 0. The Morgan fingerprint density at radius 1 is 1.22 bits per heavy atom. The van der Waals surface area contributed by atoms with Gasteiger partial charge in [0.15, 0.2) is 0 Å². The van der Waals surface area contributed by atoms with Gasteiger partial charge < -0.3 is 3.88 Å². The van der Waals surface area contributed by atoms with Gasteiger partial charge in [-0.05, 0) is 45.0 Å².